The molecule has 0 radical (unpaired) electrons. The Hall–Kier alpha value is -1.11. The molecule has 4 nitrogen and oxygen atoms in total. The molecule has 24 heavy (non-hydrogen) atoms. The van der Waals surface area contributed by atoms with E-state index in [0.717, 1.165) is 30.6 Å². The molecule has 0 amide bonds. The van der Waals surface area contributed by atoms with Gasteiger partial charge >= 0.3 is 0 Å². The van der Waals surface area contributed by atoms with E-state index in [2.05, 4.69) is 25.7 Å². The van der Waals surface area contributed by atoms with Crippen molar-refractivity contribution >= 4 is 18.3 Å². The average Bonchev–Trinajstić information content (AvgIpc) is 2.44. The van der Waals surface area contributed by atoms with Gasteiger partial charge < -0.3 is 4.43 Å². The lowest BCUT2D eigenvalue weighted by Gasteiger charge is -2.44. The van der Waals surface area contributed by atoms with Gasteiger partial charge in [-0.3, -0.25) is 0 Å². The van der Waals surface area contributed by atoms with Crippen LogP contribution >= 0.6 is 0 Å². The lowest BCUT2D eigenvalue weighted by Crippen LogP contribution is -2.52. The quantitative estimate of drug-likeness (QED) is 0.756. The van der Waals surface area contributed by atoms with Crippen LogP contribution < -0.4 is 0 Å². The number of hydrogen-bond acceptors (Lipinski definition) is 3. The summed E-state index contributed by atoms with van der Waals surface area (Å²) in [6.45, 7) is 8.46. The maximum atomic E-state index is 13.2. The van der Waals surface area contributed by atoms with E-state index < -0.39 is 18.3 Å². The number of aryl methyl sites for hydroxylation is 1. The molecule has 0 N–H and O–H groups in total. The third-order valence-electron chi connectivity index (χ3n) is 4.57. The topological polar surface area (TPSA) is 46.6 Å². The van der Waals surface area contributed by atoms with Crippen molar-refractivity contribution in [2.24, 2.45) is 0 Å². The lowest BCUT2D eigenvalue weighted by atomic mass is 9.91. The van der Waals surface area contributed by atoms with E-state index in [1.54, 1.807) is 16.4 Å². The van der Waals surface area contributed by atoms with Gasteiger partial charge in [0.2, 0.25) is 18.3 Å². The second kappa shape index (κ2) is 6.31. The van der Waals surface area contributed by atoms with Gasteiger partial charge in [0.05, 0.1) is 10.7 Å². The Balaban J connectivity index is 1.93. The van der Waals surface area contributed by atoms with Crippen molar-refractivity contribution in [3.63, 3.8) is 0 Å². The third-order valence-corrected chi connectivity index (χ3v) is 7.44. The highest BCUT2D eigenvalue weighted by Crippen LogP contribution is 2.38. The normalized spacial score (nSPS) is 25.2. The minimum absolute atomic E-state index is 0.0198. The fraction of sp³-hybridized carbons (Fsp3) is 0.556. The summed E-state index contributed by atoms with van der Waals surface area (Å²) in [6.07, 6.45) is 5.62. The van der Waals surface area contributed by atoms with Gasteiger partial charge in [-0.25, -0.2) is 8.42 Å². The molecule has 2 aliphatic rings. The molecule has 0 saturated carbocycles. The Morgan fingerprint density at radius 2 is 1.79 bits per heavy atom. The predicted octanol–water partition coefficient (Wildman–Crippen LogP) is 4.05. The zero-order valence-corrected chi connectivity index (χ0v) is 16.8. The summed E-state index contributed by atoms with van der Waals surface area (Å²) in [4.78, 5) is 0.396. The first-order valence-electron chi connectivity index (χ1n) is 8.67. The Kier molecular flexibility index (Phi) is 4.66. The predicted molar refractivity (Wildman–Crippen MR) is 98.8 cm³/mol. The smallest absolute Gasteiger partial charge is 0.243 e. The zero-order valence-electron chi connectivity index (χ0n) is 15.0. The molecule has 2 atom stereocenters. The molecule has 1 aromatic carbocycles. The molecule has 1 fully saturated rings. The molecule has 2 bridgehead atoms. The molecule has 0 aromatic heterocycles. The van der Waals surface area contributed by atoms with Gasteiger partial charge in [0.1, 0.15) is 0 Å². The van der Waals surface area contributed by atoms with Gasteiger partial charge in [0.25, 0.3) is 0 Å². The van der Waals surface area contributed by atoms with Crippen LogP contribution in [-0.2, 0) is 14.4 Å². The molecular formula is C18H27NO3SSi. The van der Waals surface area contributed by atoms with Crippen molar-refractivity contribution in [2.75, 3.05) is 0 Å². The minimum atomic E-state index is -3.46. The van der Waals surface area contributed by atoms with Crippen LogP contribution in [0, 0.1) is 6.92 Å². The monoisotopic (exact) mass is 365 g/mol. The van der Waals surface area contributed by atoms with Crippen LogP contribution in [0.15, 0.2) is 41.0 Å². The van der Waals surface area contributed by atoms with E-state index in [1.165, 1.54) is 0 Å². The highest BCUT2D eigenvalue weighted by molar-refractivity contribution is 7.89. The number of hydrogen-bond donors (Lipinski definition) is 0. The van der Waals surface area contributed by atoms with Gasteiger partial charge in [-0.15, -0.1) is 0 Å². The summed E-state index contributed by atoms with van der Waals surface area (Å²) >= 11 is 0. The molecular weight excluding hydrogens is 338 g/mol. The van der Waals surface area contributed by atoms with E-state index in [4.69, 9.17) is 4.43 Å². The fourth-order valence-electron chi connectivity index (χ4n) is 3.63. The first kappa shape index (κ1) is 17.7. The van der Waals surface area contributed by atoms with Crippen molar-refractivity contribution in [1.29, 1.82) is 0 Å². The standard InChI is InChI=1S/C18H27NO3SSi/c1-14-8-10-18(11-9-14)23(20,21)19-15-6-5-7-16(19)13-17(12-15)22-24(2,3)4/h8-12,15-16H,5-7,13H2,1-4H3/t15-,16+/m1/s1. The van der Waals surface area contributed by atoms with E-state index in [9.17, 15) is 8.42 Å². The van der Waals surface area contributed by atoms with Gasteiger partial charge in [-0.05, 0) is 64.0 Å². The van der Waals surface area contributed by atoms with Crippen LogP contribution in [0.25, 0.3) is 0 Å². The summed E-state index contributed by atoms with van der Waals surface area (Å²) in [7, 11) is -5.13. The fourth-order valence-corrected chi connectivity index (χ4v) is 6.38. The van der Waals surface area contributed by atoms with Crippen molar-refractivity contribution in [1.82, 2.24) is 4.31 Å². The Morgan fingerprint density at radius 3 is 2.38 bits per heavy atom. The molecule has 1 saturated heterocycles. The maximum absolute atomic E-state index is 13.2. The Bertz CT molecular complexity index is 735. The van der Waals surface area contributed by atoms with Crippen LogP contribution in [0.5, 0.6) is 0 Å². The second-order valence-corrected chi connectivity index (χ2v) is 14.1. The molecule has 132 valence electrons. The summed E-state index contributed by atoms with van der Waals surface area (Å²) in [6, 6.07) is 7.11. The highest BCUT2D eigenvalue weighted by atomic mass is 32.2. The van der Waals surface area contributed by atoms with E-state index >= 15 is 0 Å². The number of piperidine rings is 1. The van der Waals surface area contributed by atoms with Gasteiger partial charge in [-0.2, -0.15) is 4.31 Å². The number of fused-ring (bicyclic) bond motifs is 2. The largest absolute Gasteiger partial charge is 0.547 e. The molecule has 6 heteroatoms. The molecule has 1 aromatic rings. The summed E-state index contributed by atoms with van der Waals surface area (Å²) < 4.78 is 34.2. The van der Waals surface area contributed by atoms with Crippen LogP contribution in [0.2, 0.25) is 19.6 Å². The summed E-state index contributed by atoms with van der Waals surface area (Å²) in [5, 5.41) is 0. The Labute approximate surface area is 146 Å². The van der Waals surface area contributed by atoms with Crippen molar-refractivity contribution in [3.05, 3.63) is 41.7 Å². The molecule has 0 aliphatic carbocycles. The number of benzene rings is 1. The third kappa shape index (κ3) is 3.60. The van der Waals surface area contributed by atoms with E-state index in [1.807, 2.05) is 19.1 Å². The van der Waals surface area contributed by atoms with Gasteiger partial charge in [-0.1, -0.05) is 17.7 Å². The van der Waals surface area contributed by atoms with E-state index in [0.29, 0.717) is 11.3 Å². The second-order valence-electron chi connectivity index (χ2n) is 7.85. The lowest BCUT2D eigenvalue weighted by molar-refractivity contribution is 0.171. The number of sulfonamides is 1. The zero-order chi connectivity index (χ0) is 17.5. The summed E-state index contributed by atoms with van der Waals surface area (Å²) in [5.74, 6) is 0.999. The molecule has 2 aliphatic heterocycles. The van der Waals surface area contributed by atoms with Crippen LogP contribution in [0.1, 0.15) is 31.2 Å². The van der Waals surface area contributed by atoms with Crippen LogP contribution in [-0.4, -0.2) is 33.1 Å². The number of rotatable bonds is 4. The summed E-state index contributed by atoms with van der Waals surface area (Å²) in [5.41, 5.74) is 1.07. The SMILES string of the molecule is Cc1ccc(S(=O)(=O)N2[C@H]3CCC[C@@H]2C=C(O[Si](C)(C)C)C3)cc1. The van der Waals surface area contributed by atoms with Gasteiger partial charge in [0.15, 0.2) is 0 Å². The van der Waals surface area contributed by atoms with Crippen molar-refractivity contribution < 1.29 is 12.8 Å². The first-order chi connectivity index (χ1) is 11.2. The highest BCUT2D eigenvalue weighted by Gasteiger charge is 2.42. The molecule has 0 spiro atoms. The van der Waals surface area contributed by atoms with Crippen molar-refractivity contribution in [2.45, 2.75) is 69.2 Å². The number of nitrogens with zero attached hydrogens (tertiary/aromatic N) is 1. The maximum Gasteiger partial charge on any atom is 0.243 e. The van der Waals surface area contributed by atoms with Crippen molar-refractivity contribution in [3.8, 4) is 0 Å². The first-order valence-corrected chi connectivity index (χ1v) is 13.5. The molecule has 0 unspecified atom stereocenters. The van der Waals surface area contributed by atoms with E-state index in [-0.39, 0.29) is 12.1 Å². The van der Waals surface area contributed by atoms with Crippen LogP contribution in [0.3, 0.4) is 0 Å². The van der Waals surface area contributed by atoms with Gasteiger partial charge in [0, 0.05) is 18.5 Å². The average molecular weight is 366 g/mol. The molecule has 2 heterocycles. The Morgan fingerprint density at radius 1 is 1.12 bits per heavy atom. The molecule has 3 rings (SSSR count). The van der Waals surface area contributed by atoms with Crippen LogP contribution in [0.4, 0.5) is 0 Å². The minimum Gasteiger partial charge on any atom is -0.547 e.